The molecule has 0 atom stereocenters. The van der Waals surface area contributed by atoms with Crippen LogP contribution in [0.1, 0.15) is 29.3 Å². The third kappa shape index (κ3) is 2.16. The van der Waals surface area contributed by atoms with Gasteiger partial charge in [-0.1, -0.05) is 30.7 Å². The Labute approximate surface area is 112 Å². The van der Waals surface area contributed by atoms with Gasteiger partial charge in [-0.3, -0.25) is 0 Å². The summed E-state index contributed by atoms with van der Waals surface area (Å²) in [5, 5.41) is 14.4. The summed E-state index contributed by atoms with van der Waals surface area (Å²) < 4.78 is 1.72. The van der Waals surface area contributed by atoms with E-state index in [2.05, 4.69) is 17.2 Å². The number of aryl methyl sites for hydroxylation is 3. The van der Waals surface area contributed by atoms with Crippen LogP contribution >= 0.6 is 11.6 Å². The average molecular weight is 265 g/mol. The van der Waals surface area contributed by atoms with Gasteiger partial charge in [-0.2, -0.15) is 5.10 Å². The number of aromatic nitrogens is 2. The number of benzene rings is 1. The lowest BCUT2D eigenvalue weighted by molar-refractivity contribution is 0.281. The van der Waals surface area contributed by atoms with E-state index in [1.165, 1.54) is 0 Å². The van der Waals surface area contributed by atoms with Gasteiger partial charge >= 0.3 is 0 Å². The molecule has 2 rings (SSSR count). The fourth-order valence-corrected chi connectivity index (χ4v) is 2.32. The predicted octanol–water partition coefficient (Wildman–Crippen LogP) is 3.20. The highest BCUT2D eigenvalue weighted by Gasteiger charge is 2.16. The molecule has 1 N–H and O–H groups in total. The fourth-order valence-electron chi connectivity index (χ4n) is 2.02. The monoisotopic (exact) mass is 264 g/mol. The molecule has 0 saturated carbocycles. The smallest absolute Gasteiger partial charge is 0.138 e. The van der Waals surface area contributed by atoms with E-state index in [0.29, 0.717) is 5.15 Å². The van der Waals surface area contributed by atoms with Crippen molar-refractivity contribution in [2.24, 2.45) is 0 Å². The van der Waals surface area contributed by atoms with E-state index in [9.17, 15) is 5.11 Å². The van der Waals surface area contributed by atoms with Crippen LogP contribution in [0.5, 0.6) is 0 Å². The maximum Gasteiger partial charge on any atom is 0.138 e. The molecule has 18 heavy (non-hydrogen) atoms. The summed E-state index contributed by atoms with van der Waals surface area (Å²) in [4.78, 5) is 0. The minimum absolute atomic E-state index is 0.0765. The Morgan fingerprint density at radius 1 is 1.33 bits per heavy atom. The third-order valence-electron chi connectivity index (χ3n) is 3.09. The van der Waals surface area contributed by atoms with Crippen LogP contribution < -0.4 is 0 Å². The molecule has 1 heterocycles. The second kappa shape index (κ2) is 5.12. The molecule has 0 amide bonds. The molecule has 0 aliphatic rings. The van der Waals surface area contributed by atoms with Crippen molar-refractivity contribution in [1.29, 1.82) is 0 Å². The molecule has 0 fully saturated rings. The lowest BCUT2D eigenvalue weighted by atomic mass is 10.1. The Balaban J connectivity index is 2.64. The van der Waals surface area contributed by atoms with Crippen LogP contribution in [0.4, 0.5) is 0 Å². The van der Waals surface area contributed by atoms with Crippen LogP contribution in [0.2, 0.25) is 5.15 Å². The van der Waals surface area contributed by atoms with Gasteiger partial charge < -0.3 is 5.11 Å². The van der Waals surface area contributed by atoms with Gasteiger partial charge in [0.15, 0.2) is 0 Å². The SMILES string of the molecule is CCc1nn(-c2cc(C)ccc2C)c(Cl)c1CO. The Bertz CT molecular complexity index is 575. The highest BCUT2D eigenvalue weighted by molar-refractivity contribution is 6.30. The molecule has 0 unspecified atom stereocenters. The molecule has 0 aliphatic heterocycles. The lowest BCUT2D eigenvalue weighted by Gasteiger charge is -2.08. The standard InChI is InChI=1S/C14H17ClN2O/c1-4-12-11(8-18)14(15)17(16-12)13-7-9(2)5-6-10(13)3/h5-7,18H,4,8H2,1-3H3. The Morgan fingerprint density at radius 2 is 2.06 bits per heavy atom. The van der Waals surface area contributed by atoms with Gasteiger partial charge in [-0.05, 0) is 37.5 Å². The first-order valence-electron chi connectivity index (χ1n) is 6.03. The molecule has 4 heteroatoms. The molecule has 0 bridgehead atoms. The minimum atomic E-state index is -0.0765. The number of nitrogens with zero attached hydrogens (tertiary/aromatic N) is 2. The molecule has 2 aromatic rings. The van der Waals surface area contributed by atoms with Gasteiger partial charge in [0.25, 0.3) is 0 Å². The molecule has 3 nitrogen and oxygen atoms in total. The molecule has 1 aromatic heterocycles. The predicted molar refractivity (Wildman–Crippen MR) is 73.3 cm³/mol. The zero-order valence-electron chi connectivity index (χ0n) is 10.9. The number of halogens is 1. The Morgan fingerprint density at radius 3 is 2.61 bits per heavy atom. The normalized spacial score (nSPS) is 10.9. The Kier molecular flexibility index (Phi) is 3.73. The van der Waals surface area contributed by atoms with E-state index >= 15 is 0 Å². The fraction of sp³-hybridized carbons (Fsp3) is 0.357. The summed E-state index contributed by atoms with van der Waals surface area (Å²) in [6.45, 7) is 5.99. The number of hydrogen-bond donors (Lipinski definition) is 1. The van der Waals surface area contributed by atoms with E-state index < -0.39 is 0 Å². The van der Waals surface area contributed by atoms with Crippen LogP contribution in [-0.2, 0) is 13.0 Å². The van der Waals surface area contributed by atoms with Crippen molar-refractivity contribution in [1.82, 2.24) is 9.78 Å². The minimum Gasteiger partial charge on any atom is -0.391 e. The summed E-state index contributed by atoms with van der Waals surface area (Å²) in [5.41, 5.74) is 4.81. The average Bonchev–Trinajstić information content (AvgIpc) is 2.68. The van der Waals surface area contributed by atoms with E-state index in [4.69, 9.17) is 11.6 Å². The van der Waals surface area contributed by atoms with Gasteiger partial charge in [0.2, 0.25) is 0 Å². The molecule has 0 aliphatic carbocycles. The molecule has 96 valence electrons. The van der Waals surface area contributed by atoms with Crippen LogP contribution in [-0.4, -0.2) is 14.9 Å². The topological polar surface area (TPSA) is 38.0 Å². The first-order chi connectivity index (χ1) is 8.58. The van der Waals surface area contributed by atoms with Crippen molar-refractivity contribution < 1.29 is 5.11 Å². The van der Waals surface area contributed by atoms with Crippen LogP contribution in [0.15, 0.2) is 18.2 Å². The van der Waals surface area contributed by atoms with Gasteiger partial charge in [0.05, 0.1) is 18.0 Å². The molecule has 0 radical (unpaired) electrons. The number of aliphatic hydroxyl groups is 1. The molecular formula is C14H17ClN2O. The molecular weight excluding hydrogens is 248 g/mol. The second-order valence-corrected chi connectivity index (χ2v) is 4.79. The molecule has 0 spiro atoms. The summed E-state index contributed by atoms with van der Waals surface area (Å²) in [5.74, 6) is 0. The van der Waals surface area contributed by atoms with Gasteiger partial charge in [0, 0.05) is 5.56 Å². The van der Waals surface area contributed by atoms with Crippen molar-refractivity contribution in [2.75, 3.05) is 0 Å². The highest BCUT2D eigenvalue weighted by atomic mass is 35.5. The van der Waals surface area contributed by atoms with E-state index in [-0.39, 0.29) is 6.61 Å². The van der Waals surface area contributed by atoms with Gasteiger partial charge in [-0.25, -0.2) is 4.68 Å². The quantitative estimate of drug-likeness (QED) is 0.925. The number of hydrogen-bond acceptors (Lipinski definition) is 2. The second-order valence-electron chi connectivity index (χ2n) is 4.43. The Hall–Kier alpha value is -1.32. The summed E-state index contributed by atoms with van der Waals surface area (Å²) in [7, 11) is 0. The van der Waals surface area contributed by atoms with Crippen molar-refractivity contribution in [3.8, 4) is 5.69 Å². The zero-order valence-corrected chi connectivity index (χ0v) is 11.6. The van der Waals surface area contributed by atoms with Crippen LogP contribution in [0.25, 0.3) is 5.69 Å². The first kappa shape index (κ1) is 13.1. The summed E-state index contributed by atoms with van der Waals surface area (Å²) >= 11 is 6.31. The summed E-state index contributed by atoms with van der Waals surface area (Å²) in [6.07, 6.45) is 0.757. The maximum absolute atomic E-state index is 9.38. The molecule has 0 saturated heterocycles. The number of aliphatic hydroxyl groups excluding tert-OH is 1. The third-order valence-corrected chi connectivity index (χ3v) is 3.48. The number of rotatable bonds is 3. The van der Waals surface area contributed by atoms with E-state index in [1.54, 1.807) is 4.68 Å². The van der Waals surface area contributed by atoms with Crippen molar-refractivity contribution in [3.63, 3.8) is 0 Å². The zero-order chi connectivity index (χ0) is 13.3. The van der Waals surface area contributed by atoms with Crippen LogP contribution in [0.3, 0.4) is 0 Å². The largest absolute Gasteiger partial charge is 0.391 e. The van der Waals surface area contributed by atoms with Crippen molar-refractivity contribution in [3.05, 3.63) is 45.7 Å². The van der Waals surface area contributed by atoms with Gasteiger partial charge in [-0.15, -0.1) is 0 Å². The van der Waals surface area contributed by atoms with Crippen molar-refractivity contribution >= 4 is 11.6 Å². The van der Waals surface area contributed by atoms with Crippen molar-refractivity contribution in [2.45, 2.75) is 33.8 Å². The van der Waals surface area contributed by atoms with E-state index in [0.717, 1.165) is 34.5 Å². The van der Waals surface area contributed by atoms with Gasteiger partial charge in [0.1, 0.15) is 5.15 Å². The van der Waals surface area contributed by atoms with E-state index in [1.807, 2.05) is 26.8 Å². The highest BCUT2D eigenvalue weighted by Crippen LogP contribution is 2.26. The maximum atomic E-state index is 9.38. The molecule has 1 aromatic carbocycles. The summed E-state index contributed by atoms with van der Waals surface area (Å²) in [6, 6.07) is 6.16. The van der Waals surface area contributed by atoms with Crippen LogP contribution in [0, 0.1) is 13.8 Å². The lowest BCUT2D eigenvalue weighted by Crippen LogP contribution is -2.00. The first-order valence-corrected chi connectivity index (χ1v) is 6.41.